The smallest absolute Gasteiger partial charge is 0.255 e. The zero-order chi connectivity index (χ0) is 21.7. The number of ether oxygens (including phenoxy) is 3. The van der Waals surface area contributed by atoms with Gasteiger partial charge >= 0.3 is 0 Å². The summed E-state index contributed by atoms with van der Waals surface area (Å²) in [5.74, 6) is 1.58. The van der Waals surface area contributed by atoms with Crippen LogP contribution in [0.25, 0.3) is 0 Å². The number of rotatable bonds is 7. The van der Waals surface area contributed by atoms with Crippen molar-refractivity contribution in [2.75, 3.05) is 26.1 Å². The molecule has 1 heterocycles. The average molecular weight is 428 g/mol. The van der Waals surface area contributed by atoms with Gasteiger partial charge in [-0.15, -0.1) is 0 Å². The van der Waals surface area contributed by atoms with Crippen LogP contribution in [0.2, 0.25) is 0 Å². The number of carbonyl (C=O) groups excluding carboxylic acids is 1. The molecule has 0 aliphatic carbocycles. The largest absolute Gasteiger partial charge is 0.497 e. The maximum Gasteiger partial charge on any atom is 0.255 e. The number of benzene rings is 2. The van der Waals surface area contributed by atoms with E-state index in [1.807, 2.05) is 44.2 Å². The van der Waals surface area contributed by atoms with Gasteiger partial charge in [0, 0.05) is 17.3 Å². The lowest BCUT2D eigenvalue weighted by atomic mass is 9.94. The summed E-state index contributed by atoms with van der Waals surface area (Å²) >= 11 is 5.34. The molecule has 1 amide bonds. The second-order valence-corrected chi connectivity index (χ2v) is 6.97. The number of methoxy groups -OCH3 is 2. The highest BCUT2D eigenvalue weighted by Crippen LogP contribution is 2.36. The Balaban J connectivity index is 2.00. The Hall–Kier alpha value is -3.26. The second-order valence-electron chi connectivity index (χ2n) is 6.56. The Bertz CT molecular complexity index is 990. The van der Waals surface area contributed by atoms with Gasteiger partial charge in [0.15, 0.2) is 5.11 Å². The van der Waals surface area contributed by atoms with Crippen LogP contribution in [0, 0.1) is 0 Å². The first-order valence-corrected chi connectivity index (χ1v) is 9.92. The van der Waals surface area contributed by atoms with E-state index in [4.69, 9.17) is 26.4 Å². The number of hydrogen-bond acceptors (Lipinski definition) is 5. The van der Waals surface area contributed by atoms with Crippen LogP contribution in [0.15, 0.2) is 53.7 Å². The maximum absolute atomic E-state index is 13.3. The summed E-state index contributed by atoms with van der Waals surface area (Å²) in [6.45, 7) is 4.21. The normalized spacial score (nSPS) is 15.7. The Kier molecular flexibility index (Phi) is 6.79. The summed E-state index contributed by atoms with van der Waals surface area (Å²) in [5.41, 5.74) is 2.52. The van der Waals surface area contributed by atoms with Crippen molar-refractivity contribution in [3.05, 3.63) is 59.3 Å². The Morgan fingerprint density at radius 2 is 1.90 bits per heavy atom. The van der Waals surface area contributed by atoms with Gasteiger partial charge < -0.3 is 30.2 Å². The summed E-state index contributed by atoms with van der Waals surface area (Å²) in [6, 6.07) is 12.3. The fourth-order valence-corrected chi connectivity index (χ4v) is 3.60. The van der Waals surface area contributed by atoms with Crippen molar-refractivity contribution in [1.29, 1.82) is 0 Å². The molecule has 1 unspecified atom stereocenters. The van der Waals surface area contributed by atoms with Gasteiger partial charge in [-0.2, -0.15) is 0 Å². The zero-order valence-electron chi connectivity index (χ0n) is 17.4. The first-order chi connectivity index (χ1) is 14.5. The van der Waals surface area contributed by atoms with Gasteiger partial charge in [-0.05, 0) is 50.3 Å². The number of anilines is 1. The molecule has 0 bridgehead atoms. The van der Waals surface area contributed by atoms with Crippen LogP contribution >= 0.6 is 12.2 Å². The number of nitrogens with one attached hydrogen (secondary N) is 3. The molecule has 0 aromatic heterocycles. The van der Waals surface area contributed by atoms with Crippen molar-refractivity contribution < 1.29 is 19.0 Å². The molecule has 0 saturated carbocycles. The Morgan fingerprint density at radius 3 is 2.60 bits per heavy atom. The predicted molar refractivity (Wildman–Crippen MR) is 120 cm³/mol. The molecule has 0 fully saturated rings. The highest BCUT2D eigenvalue weighted by Gasteiger charge is 2.32. The molecule has 3 N–H and O–H groups in total. The van der Waals surface area contributed by atoms with Crippen LogP contribution in [-0.4, -0.2) is 31.8 Å². The van der Waals surface area contributed by atoms with Crippen LogP contribution < -0.4 is 30.2 Å². The second kappa shape index (κ2) is 9.49. The van der Waals surface area contributed by atoms with Gasteiger partial charge in [0.1, 0.15) is 17.2 Å². The minimum Gasteiger partial charge on any atom is -0.497 e. The molecule has 1 aliphatic heterocycles. The standard InChI is InChI=1S/C22H25N3O4S/c1-5-29-17-9-7-6-8-16(17)24-21(26)19-13(2)23-22(30)25-20(19)15-11-10-14(27-3)12-18(15)28-4/h6-12,20H,5H2,1-4H3,(H,24,26)(H2,23,25,30). The number of para-hydroxylation sites is 2. The molecule has 1 atom stereocenters. The van der Waals surface area contributed by atoms with E-state index < -0.39 is 6.04 Å². The molecular formula is C22H25N3O4S. The minimum absolute atomic E-state index is 0.273. The van der Waals surface area contributed by atoms with Crippen molar-refractivity contribution >= 4 is 28.9 Å². The van der Waals surface area contributed by atoms with Crippen LogP contribution in [-0.2, 0) is 4.79 Å². The fourth-order valence-electron chi connectivity index (χ4n) is 3.33. The molecular weight excluding hydrogens is 402 g/mol. The SMILES string of the molecule is CCOc1ccccc1NC(=O)C1=C(C)NC(=S)NC1c1ccc(OC)cc1OC. The zero-order valence-corrected chi connectivity index (χ0v) is 18.2. The van der Waals surface area contributed by atoms with E-state index in [0.717, 1.165) is 5.56 Å². The van der Waals surface area contributed by atoms with Crippen LogP contribution in [0.3, 0.4) is 0 Å². The third-order valence-corrected chi connectivity index (χ3v) is 4.92. The molecule has 8 heteroatoms. The van der Waals surface area contributed by atoms with E-state index in [-0.39, 0.29) is 5.91 Å². The molecule has 1 aliphatic rings. The molecule has 158 valence electrons. The van der Waals surface area contributed by atoms with Gasteiger partial charge in [0.2, 0.25) is 0 Å². The van der Waals surface area contributed by atoms with E-state index in [0.29, 0.717) is 45.9 Å². The van der Waals surface area contributed by atoms with Gasteiger partial charge in [0.25, 0.3) is 5.91 Å². The van der Waals surface area contributed by atoms with Crippen molar-refractivity contribution in [3.8, 4) is 17.2 Å². The van der Waals surface area contributed by atoms with E-state index in [9.17, 15) is 4.79 Å². The molecule has 0 saturated heterocycles. The van der Waals surface area contributed by atoms with Gasteiger partial charge in [0.05, 0.1) is 38.1 Å². The summed E-state index contributed by atoms with van der Waals surface area (Å²) in [5, 5.41) is 9.61. The quantitative estimate of drug-likeness (QED) is 0.583. The molecule has 3 rings (SSSR count). The summed E-state index contributed by atoms with van der Waals surface area (Å²) in [7, 11) is 3.16. The van der Waals surface area contributed by atoms with E-state index in [1.54, 1.807) is 26.4 Å². The van der Waals surface area contributed by atoms with E-state index in [1.165, 1.54) is 0 Å². The number of allylic oxidation sites excluding steroid dienone is 1. The summed E-state index contributed by atoms with van der Waals surface area (Å²) < 4.78 is 16.5. The molecule has 30 heavy (non-hydrogen) atoms. The van der Waals surface area contributed by atoms with E-state index >= 15 is 0 Å². The lowest BCUT2D eigenvalue weighted by Crippen LogP contribution is -2.45. The first kappa shape index (κ1) is 21.4. The molecule has 2 aromatic rings. The Labute approximate surface area is 181 Å². The number of hydrogen-bond donors (Lipinski definition) is 3. The van der Waals surface area contributed by atoms with Gasteiger partial charge in [-0.3, -0.25) is 4.79 Å². The third-order valence-electron chi connectivity index (χ3n) is 4.70. The number of thiocarbonyl (C=S) groups is 1. The predicted octanol–water partition coefficient (Wildman–Crippen LogP) is 3.53. The lowest BCUT2D eigenvalue weighted by molar-refractivity contribution is -0.113. The monoisotopic (exact) mass is 427 g/mol. The van der Waals surface area contributed by atoms with E-state index in [2.05, 4.69) is 16.0 Å². The topological polar surface area (TPSA) is 80.9 Å². The lowest BCUT2D eigenvalue weighted by Gasteiger charge is -2.31. The summed E-state index contributed by atoms with van der Waals surface area (Å²) in [4.78, 5) is 13.3. The molecule has 7 nitrogen and oxygen atoms in total. The Morgan fingerprint density at radius 1 is 1.13 bits per heavy atom. The number of carbonyl (C=O) groups is 1. The van der Waals surface area contributed by atoms with Crippen molar-refractivity contribution in [1.82, 2.24) is 10.6 Å². The van der Waals surface area contributed by atoms with Crippen molar-refractivity contribution in [2.45, 2.75) is 19.9 Å². The fraction of sp³-hybridized carbons (Fsp3) is 0.273. The molecule has 0 radical (unpaired) electrons. The minimum atomic E-state index is -0.501. The highest BCUT2D eigenvalue weighted by molar-refractivity contribution is 7.80. The van der Waals surface area contributed by atoms with Gasteiger partial charge in [-0.25, -0.2) is 0 Å². The maximum atomic E-state index is 13.3. The van der Waals surface area contributed by atoms with Crippen LogP contribution in [0.5, 0.6) is 17.2 Å². The molecule has 0 spiro atoms. The number of amides is 1. The molecule has 2 aromatic carbocycles. The average Bonchev–Trinajstić information content (AvgIpc) is 2.74. The van der Waals surface area contributed by atoms with Crippen molar-refractivity contribution in [2.24, 2.45) is 0 Å². The summed E-state index contributed by atoms with van der Waals surface area (Å²) in [6.07, 6.45) is 0. The highest BCUT2D eigenvalue weighted by atomic mass is 32.1. The first-order valence-electron chi connectivity index (χ1n) is 9.51. The van der Waals surface area contributed by atoms with Crippen molar-refractivity contribution in [3.63, 3.8) is 0 Å². The van der Waals surface area contributed by atoms with Crippen LogP contribution in [0.1, 0.15) is 25.5 Å². The van der Waals surface area contributed by atoms with Crippen LogP contribution in [0.4, 0.5) is 5.69 Å². The van der Waals surface area contributed by atoms with Gasteiger partial charge in [-0.1, -0.05) is 12.1 Å². The third kappa shape index (κ3) is 4.49.